The molecule has 3 heteroatoms. The molecule has 0 aliphatic heterocycles. The number of rotatable bonds is 4. The van der Waals surface area contributed by atoms with E-state index in [1.54, 1.807) is 0 Å². The Balaban J connectivity index is 4.51. The van der Waals surface area contributed by atoms with E-state index in [0.29, 0.717) is 11.8 Å². The molecule has 0 saturated heterocycles. The average Bonchev–Trinajstić information content (AvgIpc) is 2.03. The summed E-state index contributed by atoms with van der Waals surface area (Å²) in [6.07, 6.45) is 0. The van der Waals surface area contributed by atoms with E-state index < -0.39 is 0 Å². The molecule has 0 N–H and O–H groups in total. The van der Waals surface area contributed by atoms with Crippen LogP contribution < -0.4 is 0 Å². The first-order valence-corrected chi connectivity index (χ1v) is 4.66. The SMILES string of the molecule is COC(=O)[C@H]([C@@H](C)C(C)C)N(C)C. The van der Waals surface area contributed by atoms with Gasteiger partial charge in [0.15, 0.2) is 0 Å². The minimum absolute atomic E-state index is 0.134. The molecule has 0 fully saturated rings. The monoisotopic (exact) mass is 187 g/mol. The standard InChI is InChI=1S/C10H21NO2/c1-7(2)8(3)9(11(4)5)10(12)13-6/h7-9H,1-6H3/t8-,9-/m0/s1. The molecule has 13 heavy (non-hydrogen) atoms. The van der Waals surface area contributed by atoms with Crippen molar-refractivity contribution in [2.45, 2.75) is 26.8 Å². The Bertz CT molecular complexity index is 166. The highest BCUT2D eigenvalue weighted by molar-refractivity contribution is 5.75. The molecule has 0 spiro atoms. The van der Waals surface area contributed by atoms with Crippen molar-refractivity contribution in [1.29, 1.82) is 0 Å². The second-order valence-electron chi connectivity index (χ2n) is 4.03. The van der Waals surface area contributed by atoms with E-state index in [0.717, 1.165) is 0 Å². The predicted molar refractivity (Wildman–Crippen MR) is 53.5 cm³/mol. The molecule has 78 valence electrons. The van der Waals surface area contributed by atoms with E-state index in [1.165, 1.54) is 7.11 Å². The van der Waals surface area contributed by atoms with Crippen LogP contribution in [-0.2, 0) is 9.53 Å². The summed E-state index contributed by atoms with van der Waals surface area (Å²) in [5.41, 5.74) is 0. The van der Waals surface area contributed by atoms with Crippen LogP contribution in [0.1, 0.15) is 20.8 Å². The quantitative estimate of drug-likeness (QED) is 0.623. The molecule has 0 unspecified atom stereocenters. The Kier molecular flexibility index (Phi) is 4.99. The summed E-state index contributed by atoms with van der Waals surface area (Å²) in [6.45, 7) is 6.31. The number of methoxy groups -OCH3 is 1. The predicted octanol–water partition coefficient (Wildman–Crippen LogP) is 1.38. The Morgan fingerprint density at radius 2 is 1.69 bits per heavy atom. The zero-order valence-electron chi connectivity index (χ0n) is 9.50. The van der Waals surface area contributed by atoms with Crippen LogP contribution in [0.3, 0.4) is 0 Å². The highest BCUT2D eigenvalue weighted by atomic mass is 16.5. The number of carbonyl (C=O) groups excluding carboxylic acids is 1. The lowest BCUT2D eigenvalue weighted by atomic mass is 9.90. The fourth-order valence-corrected chi connectivity index (χ4v) is 1.38. The number of hydrogen-bond acceptors (Lipinski definition) is 3. The van der Waals surface area contributed by atoms with E-state index in [2.05, 4.69) is 20.8 Å². The van der Waals surface area contributed by atoms with Gasteiger partial charge in [0.1, 0.15) is 6.04 Å². The van der Waals surface area contributed by atoms with Gasteiger partial charge in [-0.1, -0.05) is 20.8 Å². The van der Waals surface area contributed by atoms with Crippen LogP contribution in [0, 0.1) is 11.8 Å². The third-order valence-corrected chi connectivity index (χ3v) is 2.55. The maximum Gasteiger partial charge on any atom is 0.323 e. The van der Waals surface area contributed by atoms with E-state index in [4.69, 9.17) is 4.74 Å². The fraction of sp³-hybridized carbons (Fsp3) is 0.900. The Morgan fingerprint density at radius 3 is 1.92 bits per heavy atom. The van der Waals surface area contributed by atoms with Crippen LogP contribution in [0.2, 0.25) is 0 Å². The first-order chi connectivity index (χ1) is 5.91. The summed E-state index contributed by atoms with van der Waals surface area (Å²) < 4.78 is 4.76. The summed E-state index contributed by atoms with van der Waals surface area (Å²) in [5, 5.41) is 0. The molecule has 0 aromatic rings. The molecule has 0 heterocycles. The zero-order chi connectivity index (χ0) is 10.6. The highest BCUT2D eigenvalue weighted by Crippen LogP contribution is 2.18. The van der Waals surface area contributed by atoms with E-state index >= 15 is 0 Å². The molecule has 0 aromatic carbocycles. The number of nitrogens with zero attached hydrogens (tertiary/aromatic N) is 1. The van der Waals surface area contributed by atoms with Gasteiger partial charge < -0.3 is 4.74 Å². The van der Waals surface area contributed by atoms with Crippen molar-refractivity contribution in [3.8, 4) is 0 Å². The molecule has 0 aromatic heterocycles. The lowest BCUT2D eigenvalue weighted by Gasteiger charge is -2.29. The third kappa shape index (κ3) is 3.35. The highest BCUT2D eigenvalue weighted by Gasteiger charge is 2.29. The Hall–Kier alpha value is -0.570. The van der Waals surface area contributed by atoms with Gasteiger partial charge >= 0.3 is 5.97 Å². The van der Waals surface area contributed by atoms with Crippen molar-refractivity contribution in [3.05, 3.63) is 0 Å². The van der Waals surface area contributed by atoms with Crippen LogP contribution in [0.15, 0.2) is 0 Å². The normalized spacial score (nSPS) is 16.0. The first kappa shape index (κ1) is 12.4. The lowest BCUT2D eigenvalue weighted by Crippen LogP contribution is -2.43. The first-order valence-electron chi connectivity index (χ1n) is 4.66. The summed E-state index contributed by atoms with van der Waals surface area (Å²) in [7, 11) is 5.24. The molecule has 0 amide bonds. The molecule has 0 bridgehead atoms. The van der Waals surface area contributed by atoms with Gasteiger partial charge in [-0.05, 0) is 25.9 Å². The molecular formula is C10H21NO2. The van der Waals surface area contributed by atoms with Crippen molar-refractivity contribution in [3.63, 3.8) is 0 Å². The van der Waals surface area contributed by atoms with Gasteiger partial charge in [-0.15, -0.1) is 0 Å². The van der Waals surface area contributed by atoms with Gasteiger partial charge in [0, 0.05) is 0 Å². The molecule has 0 radical (unpaired) electrons. The van der Waals surface area contributed by atoms with Gasteiger partial charge in [-0.25, -0.2) is 0 Å². The molecule has 0 rings (SSSR count). The molecule has 0 aliphatic rings. The fourth-order valence-electron chi connectivity index (χ4n) is 1.38. The maximum absolute atomic E-state index is 11.4. The number of carbonyl (C=O) groups is 1. The summed E-state index contributed by atoms with van der Waals surface area (Å²) >= 11 is 0. The second kappa shape index (κ2) is 5.22. The van der Waals surface area contributed by atoms with Crippen LogP contribution >= 0.6 is 0 Å². The maximum atomic E-state index is 11.4. The van der Waals surface area contributed by atoms with Gasteiger partial charge in [-0.2, -0.15) is 0 Å². The summed E-state index contributed by atoms with van der Waals surface area (Å²) in [4.78, 5) is 13.3. The van der Waals surface area contributed by atoms with Gasteiger partial charge in [-0.3, -0.25) is 9.69 Å². The van der Waals surface area contributed by atoms with Crippen LogP contribution in [0.4, 0.5) is 0 Å². The third-order valence-electron chi connectivity index (χ3n) is 2.55. The second-order valence-corrected chi connectivity index (χ2v) is 4.03. The van der Waals surface area contributed by atoms with Gasteiger partial charge in [0.2, 0.25) is 0 Å². The van der Waals surface area contributed by atoms with Crippen molar-refractivity contribution < 1.29 is 9.53 Å². The number of esters is 1. The van der Waals surface area contributed by atoms with Crippen LogP contribution in [0.25, 0.3) is 0 Å². The van der Waals surface area contributed by atoms with Crippen LogP contribution in [-0.4, -0.2) is 38.1 Å². The topological polar surface area (TPSA) is 29.5 Å². The minimum atomic E-state index is -0.147. The number of likely N-dealkylation sites (N-methyl/N-ethyl adjacent to an activating group) is 1. The Labute approximate surface area is 81.1 Å². The van der Waals surface area contributed by atoms with E-state index in [-0.39, 0.29) is 12.0 Å². The van der Waals surface area contributed by atoms with Gasteiger partial charge in [0.25, 0.3) is 0 Å². The van der Waals surface area contributed by atoms with E-state index in [1.807, 2.05) is 19.0 Å². The van der Waals surface area contributed by atoms with Crippen molar-refractivity contribution in [1.82, 2.24) is 4.90 Å². The van der Waals surface area contributed by atoms with Crippen LogP contribution in [0.5, 0.6) is 0 Å². The van der Waals surface area contributed by atoms with E-state index in [9.17, 15) is 4.79 Å². The number of hydrogen-bond donors (Lipinski definition) is 0. The molecule has 0 aliphatic carbocycles. The minimum Gasteiger partial charge on any atom is -0.468 e. The van der Waals surface area contributed by atoms with Gasteiger partial charge in [0.05, 0.1) is 7.11 Å². The molecule has 0 saturated carbocycles. The smallest absolute Gasteiger partial charge is 0.323 e. The molecular weight excluding hydrogens is 166 g/mol. The molecule has 3 nitrogen and oxygen atoms in total. The largest absolute Gasteiger partial charge is 0.468 e. The van der Waals surface area contributed by atoms with Crippen molar-refractivity contribution >= 4 is 5.97 Å². The molecule has 2 atom stereocenters. The lowest BCUT2D eigenvalue weighted by molar-refractivity contribution is -0.148. The average molecular weight is 187 g/mol. The van der Waals surface area contributed by atoms with Crippen molar-refractivity contribution in [2.75, 3.05) is 21.2 Å². The van der Waals surface area contributed by atoms with Crippen molar-refractivity contribution in [2.24, 2.45) is 11.8 Å². The summed E-state index contributed by atoms with van der Waals surface area (Å²) in [5.74, 6) is 0.639. The number of ether oxygens (including phenoxy) is 1. The summed E-state index contributed by atoms with van der Waals surface area (Å²) in [6, 6.07) is -0.134. The zero-order valence-corrected chi connectivity index (χ0v) is 9.50. The Morgan fingerprint density at radius 1 is 1.23 bits per heavy atom.